The lowest BCUT2D eigenvalue weighted by atomic mass is 9.80. The summed E-state index contributed by atoms with van der Waals surface area (Å²) in [5.41, 5.74) is 3.04. The van der Waals surface area contributed by atoms with Crippen molar-refractivity contribution in [2.45, 2.75) is 25.3 Å². The summed E-state index contributed by atoms with van der Waals surface area (Å²) in [5, 5.41) is 9.74. The molecule has 1 aliphatic heterocycles. The van der Waals surface area contributed by atoms with Crippen LogP contribution in [0.4, 0.5) is 5.69 Å². The molecule has 1 atom stereocenters. The Hall–Kier alpha value is -2.01. The summed E-state index contributed by atoms with van der Waals surface area (Å²) in [6.45, 7) is 3.91. The first-order valence-corrected chi connectivity index (χ1v) is 9.72. The van der Waals surface area contributed by atoms with Crippen LogP contribution in [0.3, 0.4) is 0 Å². The average Bonchev–Trinajstić information content (AvgIpc) is 2.68. The van der Waals surface area contributed by atoms with E-state index in [2.05, 4.69) is 29.7 Å². The lowest BCUT2D eigenvalue weighted by molar-refractivity contribution is 0.349. The molecular weight excluding hydrogens is 393 g/mol. The highest BCUT2D eigenvalue weighted by Crippen LogP contribution is 2.37. The van der Waals surface area contributed by atoms with Crippen molar-refractivity contribution in [3.05, 3.63) is 75.2 Å². The molecule has 148 valence electrons. The second-order valence-electron chi connectivity index (χ2n) is 7.43. The number of halogens is 2. The van der Waals surface area contributed by atoms with E-state index in [9.17, 15) is 4.79 Å². The molecule has 2 N–H and O–H groups in total. The minimum atomic E-state index is -0.249. The molecule has 4 nitrogen and oxygen atoms in total. The van der Waals surface area contributed by atoms with Crippen LogP contribution in [0, 0.1) is 6.92 Å². The third-order valence-electron chi connectivity index (χ3n) is 5.63. The van der Waals surface area contributed by atoms with Gasteiger partial charge in [0.1, 0.15) is 0 Å². The number of nitrogens with zero attached hydrogens (tertiary/aromatic N) is 1. The molecule has 4 rings (SSSR count). The number of benzene rings is 2. The van der Waals surface area contributed by atoms with Gasteiger partial charge in [0.05, 0.1) is 5.54 Å². The minimum absolute atomic E-state index is 0. The predicted molar refractivity (Wildman–Crippen MR) is 120 cm³/mol. The Bertz CT molecular complexity index is 1060. The van der Waals surface area contributed by atoms with Crippen molar-refractivity contribution in [2.24, 2.45) is 7.05 Å². The zero-order chi connectivity index (χ0) is 19.0. The fourth-order valence-corrected chi connectivity index (χ4v) is 4.30. The maximum absolute atomic E-state index is 12.5. The largest absolute Gasteiger partial charge is 0.374 e. The number of aromatic nitrogens is 1. The number of fused-ring (bicyclic) bond motifs is 1. The van der Waals surface area contributed by atoms with Crippen LogP contribution in [0.25, 0.3) is 10.8 Å². The third kappa shape index (κ3) is 3.64. The third-order valence-corrected chi connectivity index (χ3v) is 6.04. The van der Waals surface area contributed by atoms with E-state index in [4.69, 9.17) is 11.6 Å². The van der Waals surface area contributed by atoms with E-state index in [0.717, 1.165) is 53.0 Å². The molecular formula is C22H25Cl2N3O. The van der Waals surface area contributed by atoms with Crippen LogP contribution < -0.4 is 16.2 Å². The Balaban J connectivity index is 0.00000225. The van der Waals surface area contributed by atoms with Crippen LogP contribution in [0.2, 0.25) is 5.02 Å². The van der Waals surface area contributed by atoms with E-state index < -0.39 is 0 Å². The normalized spacial score (nSPS) is 19.2. The van der Waals surface area contributed by atoms with Gasteiger partial charge in [-0.3, -0.25) is 4.79 Å². The predicted octanol–water partition coefficient (Wildman–Crippen LogP) is 4.61. The maximum Gasteiger partial charge on any atom is 0.258 e. The van der Waals surface area contributed by atoms with Crippen LogP contribution in [0.15, 0.2) is 53.5 Å². The minimum Gasteiger partial charge on any atom is -0.374 e. The van der Waals surface area contributed by atoms with Gasteiger partial charge in [-0.2, -0.15) is 0 Å². The first-order valence-electron chi connectivity index (χ1n) is 9.34. The van der Waals surface area contributed by atoms with Crippen molar-refractivity contribution in [3.8, 4) is 0 Å². The first-order chi connectivity index (χ1) is 13.0. The zero-order valence-electron chi connectivity index (χ0n) is 16.1. The molecule has 2 aromatic carbocycles. The van der Waals surface area contributed by atoms with Gasteiger partial charge in [0, 0.05) is 35.9 Å². The number of nitrogens with one attached hydrogen (secondary N) is 2. The van der Waals surface area contributed by atoms with Crippen molar-refractivity contribution in [3.63, 3.8) is 0 Å². The van der Waals surface area contributed by atoms with Gasteiger partial charge in [0.2, 0.25) is 0 Å². The molecule has 2 heterocycles. The van der Waals surface area contributed by atoms with E-state index in [1.54, 1.807) is 17.8 Å². The fraction of sp³-hybridized carbons (Fsp3) is 0.318. The molecule has 1 unspecified atom stereocenters. The Morgan fingerprint density at radius 3 is 2.79 bits per heavy atom. The number of rotatable bonds is 3. The number of hydrogen-bond acceptors (Lipinski definition) is 3. The van der Waals surface area contributed by atoms with E-state index in [0.29, 0.717) is 0 Å². The van der Waals surface area contributed by atoms with Crippen molar-refractivity contribution in [1.82, 2.24) is 9.88 Å². The van der Waals surface area contributed by atoms with Gasteiger partial charge in [-0.15, -0.1) is 12.4 Å². The van der Waals surface area contributed by atoms with Gasteiger partial charge in [-0.05, 0) is 67.1 Å². The number of piperidine rings is 1. The lowest BCUT2D eigenvalue weighted by Crippen LogP contribution is -2.49. The first kappa shape index (κ1) is 20.7. The SMILES string of the molecule is Cc1c(Cl)cccc1C1(Nc2ccc3ccn(C)c(=O)c3c2)CCCNC1.Cl. The number of aryl methyl sites for hydroxylation is 1. The maximum atomic E-state index is 12.5. The summed E-state index contributed by atoms with van der Waals surface area (Å²) in [6, 6.07) is 14.1. The van der Waals surface area contributed by atoms with Crippen molar-refractivity contribution < 1.29 is 0 Å². The summed E-state index contributed by atoms with van der Waals surface area (Å²) in [6.07, 6.45) is 3.89. The van der Waals surface area contributed by atoms with Crippen LogP contribution in [-0.4, -0.2) is 17.7 Å². The van der Waals surface area contributed by atoms with E-state index in [-0.39, 0.29) is 23.5 Å². The highest BCUT2D eigenvalue weighted by Gasteiger charge is 2.35. The fourth-order valence-electron chi connectivity index (χ4n) is 4.13. The summed E-state index contributed by atoms with van der Waals surface area (Å²) in [7, 11) is 1.78. The molecule has 0 radical (unpaired) electrons. The topological polar surface area (TPSA) is 46.1 Å². The lowest BCUT2D eigenvalue weighted by Gasteiger charge is -2.41. The number of anilines is 1. The molecule has 1 aromatic heterocycles. The second kappa shape index (κ2) is 8.16. The number of hydrogen-bond donors (Lipinski definition) is 2. The van der Waals surface area contributed by atoms with Gasteiger partial charge in [-0.1, -0.05) is 29.8 Å². The van der Waals surface area contributed by atoms with E-state index >= 15 is 0 Å². The van der Waals surface area contributed by atoms with Crippen molar-refractivity contribution >= 4 is 40.5 Å². The van der Waals surface area contributed by atoms with E-state index in [1.165, 1.54) is 5.56 Å². The Kier molecular flexibility index (Phi) is 6.04. The molecule has 1 fully saturated rings. The summed E-state index contributed by atoms with van der Waals surface area (Å²) < 4.78 is 1.62. The quantitative estimate of drug-likeness (QED) is 0.653. The molecule has 0 bridgehead atoms. The highest BCUT2D eigenvalue weighted by atomic mass is 35.5. The summed E-state index contributed by atoms with van der Waals surface area (Å²) in [5.74, 6) is 0. The smallest absolute Gasteiger partial charge is 0.258 e. The van der Waals surface area contributed by atoms with Crippen molar-refractivity contribution in [1.29, 1.82) is 0 Å². The van der Waals surface area contributed by atoms with Crippen LogP contribution >= 0.6 is 24.0 Å². The molecule has 0 amide bonds. The standard InChI is InChI=1S/C22H24ClN3O.ClH/c1-15-19(5-3-6-20(15)23)22(10-4-11-24-14-22)25-17-8-7-16-9-12-26(2)21(27)18(16)13-17;/h3,5-9,12-13,24-25H,4,10-11,14H2,1-2H3;1H. The number of pyridine rings is 1. The van der Waals surface area contributed by atoms with Gasteiger partial charge in [0.25, 0.3) is 5.56 Å². The molecule has 28 heavy (non-hydrogen) atoms. The Morgan fingerprint density at radius 2 is 2.04 bits per heavy atom. The second-order valence-corrected chi connectivity index (χ2v) is 7.84. The highest BCUT2D eigenvalue weighted by molar-refractivity contribution is 6.31. The molecule has 6 heteroatoms. The molecule has 3 aromatic rings. The molecule has 0 saturated carbocycles. The molecule has 1 aliphatic rings. The molecule has 0 aliphatic carbocycles. The van der Waals surface area contributed by atoms with Crippen LogP contribution in [0.5, 0.6) is 0 Å². The Labute approximate surface area is 176 Å². The monoisotopic (exact) mass is 417 g/mol. The van der Waals surface area contributed by atoms with Gasteiger partial charge < -0.3 is 15.2 Å². The summed E-state index contributed by atoms with van der Waals surface area (Å²) >= 11 is 6.42. The van der Waals surface area contributed by atoms with Gasteiger partial charge >= 0.3 is 0 Å². The van der Waals surface area contributed by atoms with Crippen molar-refractivity contribution in [2.75, 3.05) is 18.4 Å². The van der Waals surface area contributed by atoms with Gasteiger partial charge in [0.15, 0.2) is 0 Å². The average molecular weight is 418 g/mol. The van der Waals surface area contributed by atoms with Gasteiger partial charge in [-0.25, -0.2) is 0 Å². The van der Waals surface area contributed by atoms with Crippen LogP contribution in [0.1, 0.15) is 24.0 Å². The Morgan fingerprint density at radius 1 is 1.21 bits per heavy atom. The zero-order valence-corrected chi connectivity index (χ0v) is 17.7. The molecule has 1 saturated heterocycles. The van der Waals surface area contributed by atoms with E-state index in [1.807, 2.05) is 30.3 Å². The van der Waals surface area contributed by atoms with Crippen LogP contribution in [-0.2, 0) is 12.6 Å². The molecule has 0 spiro atoms. The summed E-state index contributed by atoms with van der Waals surface area (Å²) in [4.78, 5) is 12.5.